The van der Waals surface area contributed by atoms with Gasteiger partial charge in [0, 0.05) is 39.0 Å². The first-order valence-corrected chi connectivity index (χ1v) is 7.98. The molecule has 2 fully saturated rings. The molecule has 2 aliphatic rings. The molecular formula is C16H24N4O2. The zero-order valence-electron chi connectivity index (χ0n) is 13.3. The highest BCUT2D eigenvalue weighted by atomic mass is 16.5. The quantitative estimate of drug-likeness (QED) is 0.911. The van der Waals surface area contributed by atoms with Crippen molar-refractivity contribution in [3.63, 3.8) is 0 Å². The summed E-state index contributed by atoms with van der Waals surface area (Å²) in [6.45, 7) is 4.52. The number of nitrogens with one attached hydrogen (secondary N) is 1. The van der Waals surface area contributed by atoms with E-state index in [1.807, 2.05) is 19.3 Å². The lowest BCUT2D eigenvalue weighted by Crippen LogP contribution is -2.44. The van der Waals surface area contributed by atoms with Crippen LogP contribution in [-0.2, 0) is 9.53 Å². The van der Waals surface area contributed by atoms with Gasteiger partial charge in [-0.05, 0) is 37.7 Å². The highest BCUT2D eigenvalue weighted by Crippen LogP contribution is 2.40. The SMILES string of the molecule is CNC(=O)C[C@H]1COC2(CCN(c3ncc(C)cn3)CC2)C1. The zero-order valence-corrected chi connectivity index (χ0v) is 13.3. The molecule has 0 unspecified atom stereocenters. The van der Waals surface area contributed by atoms with Gasteiger partial charge < -0.3 is 15.0 Å². The third-order valence-corrected chi connectivity index (χ3v) is 4.76. The number of carbonyl (C=O) groups is 1. The number of hydrogen-bond donors (Lipinski definition) is 1. The van der Waals surface area contributed by atoms with Gasteiger partial charge in [-0.15, -0.1) is 0 Å². The van der Waals surface area contributed by atoms with Crippen LogP contribution in [0, 0.1) is 12.8 Å². The van der Waals surface area contributed by atoms with Crippen molar-refractivity contribution in [1.29, 1.82) is 0 Å². The van der Waals surface area contributed by atoms with E-state index in [9.17, 15) is 4.79 Å². The Morgan fingerprint density at radius 1 is 1.41 bits per heavy atom. The molecule has 3 rings (SSSR count). The van der Waals surface area contributed by atoms with Gasteiger partial charge >= 0.3 is 0 Å². The molecular weight excluding hydrogens is 280 g/mol. The Kier molecular flexibility index (Phi) is 4.29. The fourth-order valence-electron chi connectivity index (χ4n) is 3.45. The van der Waals surface area contributed by atoms with Gasteiger partial charge in [0.05, 0.1) is 12.2 Å². The predicted octanol–water partition coefficient (Wildman–Crippen LogP) is 1.30. The molecule has 0 radical (unpaired) electrons. The van der Waals surface area contributed by atoms with E-state index in [1.165, 1.54) is 0 Å². The maximum Gasteiger partial charge on any atom is 0.225 e. The third kappa shape index (κ3) is 3.21. The van der Waals surface area contributed by atoms with Crippen LogP contribution in [0.5, 0.6) is 0 Å². The van der Waals surface area contributed by atoms with Crippen LogP contribution in [0.4, 0.5) is 5.95 Å². The number of rotatable bonds is 3. The Balaban J connectivity index is 1.55. The average molecular weight is 304 g/mol. The number of piperidine rings is 1. The highest BCUT2D eigenvalue weighted by molar-refractivity contribution is 5.75. The molecule has 1 aromatic rings. The minimum atomic E-state index is -0.0418. The van der Waals surface area contributed by atoms with Crippen LogP contribution >= 0.6 is 0 Å². The number of anilines is 1. The first-order chi connectivity index (χ1) is 10.6. The van der Waals surface area contributed by atoms with Gasteiger partial charge in [0.1, 0.15) is 0 Å². The lowest BCUT2D eigenvalue weighted by atomic mass is 9.84. The molecule has 6 nitrogen and oxygen atoms in total. The lowest BCUT2D eigenvalue weighted by molar-refractivity contribution is -0.121. The van der Waals surface area contributed by atoms with Crippen LogP contribution < -0.4 is 10.2 Å². The number of hydrogen-bond acceptors (Lipinski definition) is 5. The Hall–Kier alpha value is -1.69. The second-order valence-corrected chi connectivity index (χ2v) is 6.49. The standard InChI is InChI=1S/C16H24N4O2/c1-12-9-18-15(19-10-12)20-5-3-16(4-6-20)8-13(11-22-16)7-14(21)17-2/h9-10,13H,3-8,11H2,1-2H3,(H,17,21)/t13-/m1/s1. The van der Waals surface area contributed by atoms with Gasteiger partial charge in [-0.25, -0.2) is 9.97 Å². The van der Waals surface area contributed by atoms with E-state index in [1.54, 1.807) is 7.05 Å². The molecule has 0 saturated carbocycles. The second kappa shape index (κ2) is 6.20. The Bertz CT molecular complexity index is 523. The highest BCUT2D eigenvalue weighted by Gasteiger charge is 2.43. The van der Waals surface area contributed by atoms with E-state index in [2.05, 4.69) is 20.2 Å². The summed E-state index contributed by atoms with van der Waals surface area (Å²) in [4.78, 5) is 22.5. The number of aryl methyl sites for hydroxylation is 1. The van der Waals surface area contributed by atoms with Crippen molar-refractivity contribution >= 4 is 11.9 Å². The van der Waals surface area contributed by atoms with E-state index >= 15 is 0 Å². The van der Waals surface area contributed by atoms with Crippen LogP contribution in [0.3, 0.4) is 0 Å². The van der Waals surface area contributed by atoms with E-state index in [4.69, 9.17) is 4.74 Å². The van der Waals surface area contributed by atoms with Gasteiger partial charge in [0.25, 0.3) is 0 Å². The van der Waals surface area contributed by atoms with E-state index in [-0.39, 0.29) is 11.5 Å². The van der Waals surface area contributed by atoms with Gasteiger partial charge in [0.2, 0.25) is 11.9 Å². The second-order valence-electron chi connectivity index (χ2n) is 6.49. The predicted molar refractivity (Wildman–Crippen MR) is 83.7 cm³/mol. The number of carbonyl (C=O) groups excluding carboxylic acids is 1. The van der Waals surface area contributed by atoms with E-state index in [0.29, 0.717) is 18.9 Å². The minimum absolute atomic E-state index is 0.0418. The number of ether oxygens (including phenoxy) is 1. The fourth-order valence-corrected chi connectivity index (χ4v) is 3.45. The number of nitrogens with zero attached hydrogens (tertiary/aromatic N) is 3. The molecule has 120 valence electrons. The van der Waals surface area contributed by atoms with Gasteiger partial charge in [-0.1, -0.05) is 0 Å². The van der Waals surface area contributed by atoms with Crippen molar-refractivity contribution in [2.75, 3.05) is 31.6 Å². The van der Waals surface area contributed by atoms with Crippen molar-refractivity contribution < 1.29 is 9.53 Å². The molecule has 2 aliphatic heterocycles. The summed E-state index contributed by atoms with van der Waals surface area (Å²) in [6.07, 6.45) is 7.24. The van der Waals surface area contributed by atoms with Crippen LogP contribution in [0.15, 0.2) is 12.4 Å². The maximum absolute atomic E-state index is 11.5. The molecule has 1 atom stereocenters. The largest absolute Gasteiger partial charge is 0.375 e. The molecule has 6 heteroatoms. The summed E-state index contributed by atoms with van der Waals surface area (Å²) in [5, 5.41) is 2.70. The average Bonchev–Trinajstić information content (AvgIpc) is 2.91. The van der Waals surface area contributed by atoms with Gasteiger partial charge in [-0.3, -0.25) is 4.79 Å². The topological polar surface area (TPSA) is 67.3 Å². The lowest BCUT2D eigenvalue weighted by Gasteiger charge is -2.38. The monoisotopic (exact) mass is 304 g/mol. The fraction of sp³-hybridized carbons (Fsp3) is 0.688. The first kappa shape index (κ1) is 15.2. The van der Waals surface area contributed by atoms with E-state index < -0.39 is 0 Å². The van der Waals surface area contributed by atoms with Gasteiger partial charge in [0.15, 0.2) is 0 Å². The molecule has 0 bridgehead atoms. The Morgan fingerprint density at radius 2 is 2.09 bits per heavy atom. The molecule has 22 heavy (non-hydrogen) atoms. The molecule has 0 aromatic carbocycles. The first-order valence-electron chi connectivity index (χ1n) is 7.98. The Labute approximate surface area is 131 Å². The van der Waals surface area contributed by atoms with Gasteiger partial charge in [-0.2, -0.15) is 0 Å². The summed E-state index contributed by atoms with van der Waals surface area (Å²) in [7, 11) is 1.69. The van der Waals surface area contributed by atoms with Crippen LogP contribution in [0.25, 0.3) is 0 Å². The molecule has 2 saturated heterocycles. The molecule has 1 N–H and O–H groups in total. The van der Waals surface area contributed by atoms with E-state index in [0.717, 1.165) is 43.9 Å². The van der Waals surface area contributed by atoms with Crippen molar-refractivity contribution in [1.82, 2.24) is 15.3 Å². The summed E-state index contributed by atoms with van der Waals surface area (Å²) in [5.41, 5.74) is 1.04. The van der Waals surface area contributed by atoms with Crippen molar-refractivity contribution in [2.45, 2.75) is 38.2 Å². The summed E-state index contributed by atoms with van der Waals surface area (Å²) >= 11 is 0. The minimum Gasteiger partial charge on any atom is -0.375 e. The summed E-state index contributed by atoms with van der Waals surface area (Å²) in [5.74, 6) is 1.26. The van der Waals surface area contributed by atoms with Crippen molar-refractivity contribution in [3.05, 3.63) is 18.0 Å². The smallest absolute Gasteiger partial charge is 0.225 e. The molecule has 1 aromatic heterocycles. The van der Waals surface area contributed by atoms with Crippen molar-refractivity contribution in [3.8, 4) is 0 Å². The molecule has 3 heterocycles. The van der Waals surface area contributed by atoms with Crippen LogP contribution in [0.1, 0.15) is 31.2 Å². The normalized spacial score (nSPS) is 23.7. The number of aromatic nitrogens is 2. The molecule has 1 spiro atoms. The Morgan fingerprint density at radius 3 is 2.73 bits per heavy atom. The summed E-state index contributed by atoms with van der Waals surface area (Å²) in [6, 6.07) is 0. The van der Waals surface area contributed by atoms with Crippen LogP contribution in [0.2, 0.25) is 0 Å². The van der Waals surface area contributed by atoms with Crippen molar-refractivity contribution in [2.24, 2.45) is 5.92 Å². The molecule has 1 amide bonds. The third-order valence-electron chi connectivity index (χ3n) is 4.76. The maximum atomic E-state index is 11.5. The number of amides is 1. The molecule has 0 aliphatic carbocycles. The zero-order chi connectivity index (χ0) is 15.6. The summed E-state index contributed by atoms with van der Waals surface area (Å²) < 4.78 is 6.10. The van der Waals surface area contributed by atoms with Crippen LogP contribution in [-0.4, -0.2) is 48.2 Å².